The maximum absolute atomic E-state index is 11.0. The van der Waals surface area contributed by atoms with Crippen LogP contribution in [0.2, 0.25) is 0 Å². The summed E-state index contributed by atoms with van der Waals surface area (Å²) in [5.74, 6) is 0.497. The van der Waals surface area contributed by atoms with E-state index in [9.17, 15) is 4.79 Å². The molecule has 14 heavy (non-hydrogen) atoms. The van der Waals surface area contributed by atoms with E-state index in [2.05, 4.69) is 28.9 Å². The van der Waals surface area contributed by atoms with E-state index in [1.54, 1.807) is 6.07 Å². The second-order valence-electron chi connectivity index (χ2n) is 4.29. The number of nitrogens with one attached hydrogen (secondary N) is 2. The molecule has 0 saturated carbocycles. The zero-order chi connectivity index (χ0) is 10.1. The number of aromatic nitrogens is 2. The van der Waals surface area contributed by atoms with E-state index < -0.39 is 0 Å². The van der Waals surface area contributed by atoms with Gasteiger partial charge in [0.25, 0.3) is 5.56 Å². The minimum Gasteiger partial charge on any atom is -0.302 e. The van der Waals surface area contributed by atoms with Crippen LogP contribution in [-0.4, -0.2) is 34.2 Å². The normalized spacial score (nSPS) is 23.5. The van der Waals surface area contributed by atoms with Gasteiger partial charge in [0.2, 0.25) is 0 Å². The lowest BCUT2D eigenvalue weighted by Gasteiger charge is -2.19. The predicted molar refractivity (Wildman–Crippen MR) is 55.5 cm³/mol. The van der Waals surface area contributed by atoms with E-state index in [0.29, 0.717) is 12.0 Å². The highest BCUT2D eigenvalue weighted by molar-refractivity contribution is 5.09. The third kappa shape index (κ3) is 1.75. The monoisotopic (exact) mass is 195 g/mol. The maximum atomic E-state index is 11.0. The molecule has 1 saturated heterocycles. The Balaban J connectivity index is 2.05. The first-order valence-electron chi connectivity index (χ1n) is 5.18. The number of hydrogen-bond donors (Lipinski definition) is 2. The summed E-state index contributed by atoms with van der Waals surface area (Å²) < 4.78 is 0. The molecule has 1 fully saturated rings. The molecule has 1 aliphatic rings. The van der Waals surface area contributed by atoms with E-state index in [-0.39, 0.29) is 5.56 Å². The number of hydrogen-bond acceptors (Lipinski definition) is 2. The Labute approximate surface area is 83.3 Å². The van der Waals surface area contributed by atoms with Gasteiger partial charge in [-0.1, -0.05) is 0 Å². The number of nitrogens with zero attached hydrogens (tertiary/aromatic N) is 1. The van der Waals surface area contributed by atoms with Gasteiger partial charge in [-0.25, -0.2) is 0 Å². The lowest BCUT2D eigenvalue weighted by Crippen LogP contribution is -2.27. The van der Waals surface area contributed by atoms with Crippen LogP contribution in [0.1, 0.15) is 31.9 Å². The van der Waals surface area contributed by atoms with Gasteiger partial charge in [-0.3, -0.25) is 9.89 Å². The highest BCUT2D eigenvalue weighted by Crippen LogP contribution is 2.25. The van der Waals surface area contributed by atoms with E-state index in [0.717, 1.165) is 25.2 Å². The van der Waals surface area contributed by atoms with Crippen molar-refractivity contribution in [3.63, 3.8) is 0 Å². The third-order valence-corrected chi connectivity index (χ3v) is 3.01. The van der Waals surface area contributed by atoms with E-state index in [1.807, 2.05) is 0 Å². The van der Waals surface area contributed by atoms with Crippen LogP contribution in [-0.2, 0) is 0 Å². The smallest absolute Gasteiger partial charge is 0.264 e. The molecule has 0 spiro atoms. The molecular formula is C10H17N3O. The van der Waals surface area contributed by atoms with Crippen molar-refractivity contribution >= 4 is 0 Å². The van der Waals surface area contributed by atoms with Gasteiger partial charge in [0.15, 0.2) is 0 Å². The summed E-state index contributed by atoms with van der Waals surface area (Å²) in [5, 5.41) is 5.53. The highest BCUT2D eigenvalue weighted by atomic mass is 16.1. The molecule has 1 aromatic rings. The Kier molecular flexibility index (Phi) is 2.46. The Hall–Kier alpha value is -1.03. The van der Waals surface area contributed by atoms with Gasteiger partial charge in [0.05, 0.1) is 0 Å². The SMILES string of the molecule is CC(C)N1CC[C@@H](c2cc(=O)[nH][nH]2)C1. The molecule has 0 bridgehead atoms. The summed E-state index contributed by atoms with van der Waals surface area (Å²) in [6.07, 6.45) is 1.14. The first-order chi connectivity index (χ1) is 6.66. The number of rotatable bonds is 2. The van der Waals surface area contributed by atoms with Gasteiger partial charge in [0.1, 0.15) is 0 Å². The lowest BCUT2D eigenvalue weighted by atomic mass is 10.1. The second-order valence-corrected chi connectivity index (χ2v) is 4.29. The van der Waals surface area contributed by atoms with Gasteiger partial charge in [-0.05, 0) is 26.8 Å². The molecule has 2 rings (SSSR count). The standard InChI is InChI=1S/C10H17N3O/c1-7(2)13-4-3-8(6-13)9-5-10(14)12-11-9/h5,7-8H,3-4,6H2,1-2H3,(H2,11,12,14)/t8-/m1/s1. The summed E-state index contributed by atoms with van der Waals surface area (Å²) in [6, 6.07) is 2.28. The topological polar surface area (TPSA) is 51.9 Å². The molecule has 0 unspecified atom stereocenters. The average Bonchev–Trinajstić information content (AvgIpc) is 2.70. The molecule has 4 nitrogen and oxygen atoms in total. The van der Waals surface area contributed by atoms with Gasteiger partial charge in [-0.15, -0.1) is 0 Å². The molecule has 0 aliphatic carbocycles. The molecule has 2 heterocycles. The first kappa shape index (κ1) is 9.52. The van der Waals surface area contributed by atoms with Crippen molar-refractivity contribution in [2.75, 3.05) is 13.1 Å². The Bertz CT molecular complexity index is 352. The second kappa shape index (κ2) is 3.61. The molecule has 0 aromatic carbocycles. The van der Waals surface area contributed by atoms with Crippen molar-refractivity contribution in [2.45, 2.75) is 32.2 Å². The summed E-state index contributed by atoms with van der Waals surface area (Å²) in [4.78, 5) is 13.4. The molecule has 0 radical (unpaired) electrons. The van der Waals surface area contributed by atoms with Gasteiger partial charge >= 0.3 is 0 Å². The lowest BCUT2D eigenvalue weighted by molar-refractivity contribution is 0.272. The van der Waals surface area contributed by atoms with Crippen LogP contribution in [0.15, 0.2) is 10.9 Å². The van der Waals surface area contributed by atoms with E-state index in [4.69, 9.17) is 0 Å². The fourth-order valence-corrected chi connectivity index (χ4v) is 2.08. The summed E-state index contributed by atoms with van der Waals surface area (Å²) in [5.41, 5.74) is 1.03. The fourth-order valence-electron chi connectivity index (χ4n) is 2.08. The zero-order valence-corrected chi connectivity index (χ0v) is 8.71. The largest absolute Gasteiger partial charge is 0.302 e. The van der Waals surface area contributed by atoms with Crippen molar-refractivity contribution in [3.05, 3.63) is 22.1 Å². The number of aromatic amines is 2. The molecule has 2 N–H and O–H groups in total. The zero-order valence-electron chi connectivity index (χ0n) is 8.71. The molecule has 78 valence electrons. The molecule has 1 aromatic heterocycles. The highest BCUT2D eigenvalue weighted by Gasteiger charge is 2.26. The van der Waals surface area contributed by atoms with Crippen LogP contribution in [0.5, 0.6) is 0 Å². The van der Waals surface area contributed by atoms with Crippen LogP contribution < -0.4 is 5.56 Å². The molecule has 1 aliphatic heterocycles. The van der Waals surface area contributed by atoms with Crippen molar-refractivity contribution in [1.29, 1.82) is 0 Å². The van der Waals surface area contributed by atoms with Gasteiger partial charge < -0.3 is 10.00 Å². The van der Waals surface area contributed by atoms with Crippen LogP contribution in [0.3, 0.4) is 0 Å². The third-order valence-electron chi connectivity index (χ3n) is 3.01. The van der Waals surface area contributed by atoms with E-state index >= 15 is 0 Å². The summed E-state index contributed by atoms with van der Waals surface area (Å²) >= 11 is 0. The van der Waals surface area contributed by atoms with Gasteiger partial charge in [0, 0.05) is 30.3 Å². The predicted octanol–water partition coefficient (Wildman–Crippen LogP) is 0.901. The van der Waals surface area contributed by atoms with E-state index in [1.165, 1.54) is 0 Å². The van der Waals surface area contributed by atoms with Crippen molar-refractivity contribution in [1.82, 2.24) is 15.1 Å². The average molecular weight is 195 g/mol. The fraction of sp³-hybridized carbons (Fsp3) is 0.700. The first-order valence-corrected chi connectivity index (χ1v) is 5.18. The number of H-pyrrole nitrogens is 2. The molecule has 4 heteroatoms. The van der Waals surface area contributed by atoms with Crippen molar-refractivity contribution in [2.24, 2.45) is 0 Å². The van der Waals surface area contributed by atoms with Crippen LogP contribution in [0.25, 0.3) is 0 Å². The Morgan fingerprint density at radius 1 is 1.50 bits per heavy atom. The van der Waals surface area contributed by atoms with Gasteiger partial charge in [-0.2, -0.15) is 0 Å². The Morgan fingerprint density at radius 2 is 2.29 bits per heavy atom. The van der Waals surface area contributed by atoms with Crippen molar-refractivity contribution in [3.8, 4) is 0 Å². The van der Waals surface area contributed by atoms with Crippen LogP contribution >= 0.6 is 0 Å². The molecular weight excluding hydrogens is 178 g/mol. The minimum atomic E-state index is -0.0250. The summed E-state index contributed by atoms with van der Waals surface area (Å²) in [7, 11) is 0. The molecule has 0 amide bonds. The van der Waals surface area contributed by atoms with Crippen molar-refractivity contribution < 1.29 is 0 Å². The minimum absolute atomic E-state index is 0.0250. The molecule has 1 atom stereocenters. The quantitative estimate of drug-likeness (QED) is 0.736. The maximum Gasteiger partial charge on any atom is 0.264 e. The summed E-state index contributed by atoms with van der Waals surface area (Å²) in [6.45, 7) is 6.62. The van der Waals surface area contributed by atoms with Crippen LogP contribution in [0, 0.1) is 0 Å². The number of likely N-dealkylation sites (tertiary alicyclic amines) is 1. The van der Waals surface area contributed by atoms with Crippen LogP contribution in [0.4, 0.5) is 0 Å². The Morgan fingerprint density at radius 3 is 2.79 bits per heavy atom.